The quantitative estimate of drug-likeness (QED) is 0.471. The summed E-state index contributed by atoms with van der Waals surface area (Å²) in [6.07, 6.45) is 1.77. The van der Waals surface area contributed by atoms with E-state index in [1.54, 1.807) is 44.2 Å². The molecule has 7 nitrogen and oxygen atoms in total. The van der Waals surface area contributed by atoms with Gasteiger partial charge in [-0.2, -0.15) is 0 Å². The predicted octanol–water partition coefficient (Wildman–Crippen LogP) is 4.71. The first-order chi connectivity index (χ1) is 16.3. The lowest BCUT2D eigenvalue weighted by Gasteiger charge is -2.32. The van der Waals surface area contributed by atoms with Gasteiger partial charge in [-0.15, -0.1) is 0 Å². The van der Waals surface area contributed by atoms with Crippen LogP contribution >= 0.6 is 23.2 Å². The topological polar surface area (TPSA) is 86.8 Å². The number of benzene rings is 2. The Hall–Kier alpha value is -2.29. The third-order valence-electron chi connectivity index (χ3n) is 5.87. The van der Waals surface area contributed by atoms with E-state index in [4.69, 9.17) is 23.2 Å². The Morgan fingerprint density at radius 3 is 2.20 bits per heavy atom. The maximum Gasteiger partial charge on any atom is 0.244 e. The van der Waals surface area contributed by atoms with Gasteiger partial charge in [0, 0.05) is 28.2 Å². The van der Waals surface area contributed by atoms with Crippen molar-refractivity contribution in [3.05, 3.63) is 63.1 Å². The average Bonchev–Trinajstić information content (AvgIpc) is 2.77. The van der Waals surface area contributed by atoms with Gasteiger partial charge in [-0.25, -0.2) is 8.42 Å². The summed E-state index contributed by atoms with van der Waals surface area (Å²) in [5, 5.41) is 3.57. The number of nitrogens with one attached hydrogen (secondary N) is 1. The van der Waals surface area contributed by atoms with Crippen molar-refractivity contribution in [2.75, 3.05) is 17.1 Å². The molecule has 2 amide bonds. The summed E-state index contributed by atoms with van der Waals surface area (Å²) >= 11 is 12.7. The number of carbonyl (C=O) groups excluding carboxylic acids is 2. The largest absolute Gasteiger partial charge is 0.352 e. The second-order valence-corrected chi connectivity index (χ2v) is 11.5. The Morgan fingerprint density at radius 2 is 1.66 bits per heavy atom. The number of halogens is 2. The Bertz CT molecular complexity index is 1170. The minimum absolute atomic E-state index is 0.0587. The van der Waals surface area contributed by atoms with Gasteiger partial charge < -0.3 is 10.2 Å². The molecule has 0 radical (unpaired) electrons. The third-order valence-corrected chi connectivity index (χ3v) is 7.71. The predicted molar refractivity (Wildman–Crippen MR) is 142 cm³/mol. The maximum absolute atomic E-state index is 13.7. The summed E-state index contributed by atoms with van der Waals surface area (Å²) in [7, 11) is -3.81. The molecule has 10 heteroatoms. The molecule has 2 aromatic carbocycles. The van der Waals surface area contributed by atoms with E-state index in [-0.39, 0.29) is 18.5 Å². The SMILES string of the molecule is CC[C@@H](C)NC(=O)[C@H](C)N(Cc1c(Cl)cccc1Cl)C(=O)CN(c1cc(C)ccc1C)S(C)(=O)=O. The van der Waals surface area contributed by atoms with Crippen LogP contribution in [0, 0.1) is 13.8 Å². The lowest BCUT2D eigenvalue weighted by Crippen LogP contribution is -2.52. The van der Waals surface area contributed by atoms with Crippen LogP contribution in [0.1, 0.15) is 43.9 Å². The fourth-order valence-corrected chi connectivity index (χ4v) is 4.90. The summed E-state index contributed by atoms with van der Waals surface area (Å²) < 4.78 is 26.6. The standard InChI is InChI=1S/C25H33Cl2N3O4S/c1-7-18(4)28-25(32)19(5)29(14-20-21(26)9-8-10-22(20)27)24(31)15-30(35(6,33)34)23-13-16(2)11-12-17(23)3/h8-13,18-19H,7,14-15H2,1-6H3,(H,28,32)/t18-,19+/m1/s1. The first-order valence-electron chi connectivity index (χ1n) is 11.3. The van der Waals surface area contributed by atoms with Crippen molar-refractivity contribution in [2.24, 2.45) is 0 Å². The smallest absolute Gasteiger partial charge is 0.244 e. The first-order valence-corrected chi connectivity index (χ1v) is 13.9. The van der Waals surface area contributed by atoms with Gasteiger partial charge in [-0.3, -0.25) is 13.9 Å². The van der Waals surface area contributed by atoms with Crippen molar-refractivity contribution in [1.29, 1.82) is 0 Å². The monoisotopic (exact) mass is 541 g/mol. The molecule has 192 valence electrons. The number of sulfonamides is 1. The van der Waals surface area contributed by atoms with Crippen molar-refractivity contribution in [2.45, 2.75) is 59.7 Å². The molecule has 35 heavy (non-hydrogen) atoms. The number of aryl methyl sites for hydroxylation is 2. The van der Waals surface area contributed by atoms with Gasteiger partial charge in [-0.1, -0.05) is 48.3 Å². The van der Waals surface area contributed by atoms with Crippen molar-refractivity contribution in [3.63, 3.8) is 0 Å². The molecule has 2 atom stereocenters. The number of hydrogen-bond donors (Lipinski definition) is 1. The highest BCUT2D eigenvalue weighted by atomic mass is 35.5. The van der Waals surface area contributed by atoms with Crippen molar-refractivity contribution in [1.82, 2.24) is 10.2 Å². The zero-order valence-corrected chi connectivity index (χ0v) is 23.3. The molecule has 0 aliphatic heterocycles. The number of hydrogen-bond acceptors (Lipinski definition) is 4. The number of carbonyl (C=O) groups is 2. The molecule has 2 rings (SSSR count). The zero-order chi connectivity index (χ0) is 26.5. The van der Waals surface area contributed by atoms with Crippen LogP contribution in [-0.4, -0.2) is 50.0 Å². The second-order valence-electron chi connectivity index (χ2n) is 8.78. The van der Waals surface area contributed by atoms with Crippen molar-refractivity contribution < 1.29 is 18.0 Å². The van der Waals surface area contributed by atoms with Gasteiger partial charge >= 0.3 is 0 Å². The molecule has 1 N–H and O–H groups in total. The van der Waals surface area contributed by atoms with Gasteiger partial charge in [0.15, 0.2) is 0 Å². The van der Waals surface area contributed by atoms with Crippen LogP contribution in [0.4, 0.5) is 5.69 Å². The minimum Gasteiger partial charge on any atom is -0.352 e. The summed E-state index contributed by atoms with van der Waals surface area (Å²) in [6.45, 7) is 8.50. The Labute approximate surface area is 218 Å². The first kappa shape index (κ1) is 28.9. The molecular weight excluding hydrogens is 509 g/mol. The van der Waals surface area contributed by atoms with E-state index in [1.165, 1.54) is 4.90 Å². The van der Waals surface area contributed by atoms with Crippen LogP contribution in [0.15, 0.2) is 36.4 Å². The highest BCUT2D eigenvalue weighted by molar-refractivity contribution is 7.92. The summed E-state index contributed by atoms with van der Waals surface area (Å²) in [6, 6.07) is 9.38. The van der Waals surface area contributed by atoms with E-state index >= 15 is 0 Å². The lowest BCUT2D eigenvalue weighted by atomic mass is 10.1. The summed E-state index contributed by atoms with van der Waals surface area (Å²) in [4.78, 5) is 27.9. The van der Waals surface area contributed by atoms with E-state index in [0.717, 1.165) is 22.5 Å². The van der Waals surface area contributed by atoms with E-state index < -0.39 is 28.5 Å². The Kier molecular flexibility index (Phi) is 10.0. The average molecular weight is 543 g/mol. The van der Waals surface area contributed by atoms with Crippen LogP contribution in [0.25, 0.3) is 0 Å². The van der Waals surface area contributed by atoms with Crippen LogP contribution in [0.5, 0.6) is 0 Å². The maximum atomic E-state index is 13.7. The number of rotatable bonds is 10. The van der Waals surface area contributed by atoms with Crippen molar-refractivity contribution in [3.8, 4) is 0 Å². The van der Waals surface area contributed by atoms with Gasteiger partial charge in [0.25, 0.3) is 0 Å². The summed E-state index contributed by atoms with van der Waals surface area (Å²) in [5.74, 6) is -0.910. The van der Waals surface area contributed by atoms with Gasteiger partial charge in [0.1, 0.15) is 12.6 Å². The third kappa shape index (κ3) is 7.59. The Morgan fingerprint density at radius 1 is 1.06 bits per heavy atom. The van der Waals surface area contributed by atoms with Crippen LogP contribution < -0.4 is 9.62 Å². The molecule has 0 aromatic heterocycles. The molecule has 0 heterocycles. The molecule has 0 saturated carbocycles. The molecule has 0 bridgehead atoms. The zero-order valence-electron chi connectivity index (χ0n) is 20.9. The summed E-state index contributed by atoms with van der Waals surface area (Å²) in [5.41, 5.74) is 2.45. The molecule has 2 aromatic rings. The fraction of sp³-hybridized carbons (Fsp3) is 0.440. The molecule has 0 spiro atoms. The molecule has 0 aliphatic rings. The highest BCUT2D eigenvalue weighted by Crippen LogP contribution is 2.28. The molecular formula is C25H33Cl2N3O4S. The number of anilines is 1. The van der Waals surface area contributed by atoms with Gasteiger partial charge in [0.05, 0.1) is 11.9 Å². The number of amides is 2. The molecule has 0 aliphatic carbocycles. The van der Waals surface area contributed by atoms with Gasteiger partial charge in [-0.05, 0) is 63.4 Å². The highest BCUT2D eigenvalue weighted by Gasteiger charge is 2.31. The lowest BCUT2D eigenvalue weighted by molar-refractivity contribution is -0.139. The van der Waals surface area contributed by atoms with Crippen molar-refractivity contribution >= 4 is 50.7 Å². The van der Waals surface area contributed by atoms with Crippen LogP contribution in [0.2, 0.25) is 10.0 Å². The van der Waals surface area contributed by atoms with Gasteiger partial charge in [0.2, 0.25) is 21.8 Å². The van der Waals surface area contributed by atoms with Crippen LogP contribution in [0.3, 0.4) is 0 Å². The van der Waals surface area contributed by atoms with E-state index in [9.17, 15) is 18.0 Å². The van der Waals surface area contributed by atoms with E-state index in [2.05, 4.69) is 5.32 Å². The fourth-order valence-electron chi connectivity index (χ4n) is 3.48. The molecule has 0 unspecified atom stereocenters. The van der Waals surface area contributed by atoms with Crippen LogP contribution in [-0.2, 0) is 26.2 Å². The molecule has 0 fully saturated rings. The van der Waals surface area contributed by atoms with E-state index in [0.29, 0.717) is 26.9 Å². The van der Waals surface area contributed by atoms with E-state index in [1.807, 2.05) is 26.8 Å². The molecule has 0 saturated heterocycles. The normalized spacial score (nSPS) is 13.1. The number of nitrogens with zero attached hydrogens (tertiary/aromatic N) is 2. The Balaban J connectivity index is 2.49. The second kappa shape index (κ2) is 12.1. The minimum atomic E-state index is -3.81.